The van der Waals surface area contributed by atoms with Crippen LogP contribution in [0.1, 0.15) is 15.6 Å². The fourth-order valence-electron chi connectivity index (χ4n) is 2.12. The predicted octanol–water partition coefficient (Wildman–Crippen LogP) is 4.53. The van der Waals surface area contributed by atoms with Gasteiger partial charge < -0.3 is 4.42 Å². The number of Topliss-reactive ketones (excluding diaryl/α,β-unsaturated/α-hetero) is 1. The van der Waals surface area contributed by atoms with Gasteiger partial charge in [-0.2, -0.15) is 0 Å². The van der Waals surface area contributed by atoms with Crippen LogP contribution in [0.3, 0.4) is 0 Å². The minimum absolute atomic E-state index is 0.0601. The Bertz CT molecular complexity index is 855. The van der Waals surface area contributed by atoms with Gasteiger partial charge in [0, 0.05) is 9.40 Å². The van der Waals surface area contributed by atoms with Crippen molar-refractivity contribution in [2.24, 2.45) is 0 Å². The SMILES string of the molecule is O=C(Cc1nc2ccccc2o1)c1cc2sccc2s1. The molecule has 3 heterocycles. The van der Waals surface area contributed by atoms with Gasteiger partial charge in [-0.1, -0.05) is 12.1 Å². The van der Waals surface area contributed by atoms with E-state index in [2.05, 4.69) is 4.98 Å². The average molecular weight is 299 g/mol. The van der Waals surface area contributed by atoms with Crippen LogP contribution < -0.4 is 0 Å². The number of carbonyl (C=O) groups is 1. The highest BCUT2D eigenvalue weighted by Crippen LogP contribution is 2.30. The van der Waals surface area contributed by atoms with Crippen molar-refractivity contribution >= 4 is 49.0 Å². The minimum Gasteiger partial charge on any atom is -0.440 e. The molecule has 20 heavy (non-hydrogen) atoms. The topological polar surface area (TPSA) is 43.1 Å². The molecule has 0 fully saturated rings. The Kier molecular flexibility index (Phi) is 2.68. The van der Waals surface area contributed by atoms with Gasteiger partial charge in [0.15, 0.2) is 11.4 Å². The lowest BCUT2D eigenvalue weighted by molar-refractivity contribution is 0.0990. The van der Waals surface area contributed by atoms with E-state index >= 15 is 0 Å². The second-order valence-corrected chi connectivity index (χ2v) is 6.47. The van der Waals surface area contributed by atoms with Gasteiger partial charge in [0.25, 0.3) is 0 Å². The summed E-state index contributed by atoms with van der Waals surface area (Å²) in [5.41, 5.74) is 1.52. The van der Waals surface area contributed by atoms with Crippen LogP contribution in [-0.2, 0) is 6.42 Å². The first-order valence-corrected chi connectivity index (χ1v) is 7.84. The molecule has 3 aromatic heterocycles. The largest absolute Gasteiger partial charge is 0.440 e. The molecule has 4 aromatic rings. The van der Waals surface area contributed by atoms with Crippen LogP contribution >= 0.6 is 22.7 Å². The number of thiophene rings is 2. The number of para-hydroxylation sites is 2. The van der Waals surface area contributed by atoms with Gasteiger partial charge in [-0.25, -0.2) is 4.98 Å². The number of hydrogen-bond acceptors (Lipinski definition) is 5. The molecule has 5 heteroatoms. The maximum Gasteiger partial charge on any atom is 0.203 e. The summed E-state index contributed by atoms with van der Waals surface area (Å²) < 4.78 is 7.92. The predicted molar refractivity (Wildman–Crippen MR) is 81.7 cm³/mol. The van der Waals surface area contributed by atoms with Crippen molar-refractivity contribution in [1.29, 1.82) is 0 Å². The third-order valence-corrected chi connectivity index (χ3v) is 5.20. The fourth-order valence-corrected chi connectivity index (χ4v) is 4.17. The second kappa shape index (κ2) is 4.54. The maximum atomic E-state index is 12.3. The zero-order chi connectivity index (χ0) is 13.5. The number of nitrogens with zero attached hydrogens (tertiary/aromatic N) is 1. The molecule has 0 radical (unpaired) electrons. The first kappa shape index (κ1) is 11.8. The van der Waals surface area contributed by atoms with E-state index in [1.807, 2.05) is 41.8 Å². The Hall–Kier alpha value is -1.98. The molecule has 0 aliphatic rings. The molecule has 0 saturated carbocycles. The molecular weight excluding hydrogens is 290 g/mol. The van der Waals surface area contributed by atoms with Crippen LogP contribution in [-0.4, -0.2) is 10.8 Å². The normalized spacial score (nSPS) is 11.4. The Balaban J connectivity index is 1.64. The van der Waals surface area contributed by atoms with E-state index in [0.29, 0.717) is 5.89 Å². The van der Waals surface area contributed by atoms with Crippen LogP contribution in [0.25, 0.3) is 20.5 Å². The minimum atomic E-state index is 0.0601. The molecule has 0 aliphatic carbocycles. The number of oxazole rings is 1. The summed E-state index contributed by atoms with van der Waals surface area (Å²) in [7, 11) is 0. The Morgan fingerprint density at radius 1 is 1.20 bits per heavy atom. The molecule has 98 valence electrons. The monoisotopic (exact) mass is 299 g/mol. The van der Waals surface area contributed by atoms with Crippen LogP contribution in [0.4, 0.5) is 0 Å². The van der Waals surface area contributed by atoms with Crippen molar-refractivity contribution in [2.45, 2.75) is 6.42 Å². The van der Waals surface area contributed by atoms with E-state index in [9.17, 15) is 4.79 Å². The van der Waals surface area contributed by atoms with E-state index in [0.717, 1.165) is 25.4 Å². The van der Waals surface area contributed by atoms with Gasteiger partial charge in [0.2, 0.25) is 5.89 Å². The van der Waals surface area contributed by atoms with Gasteiger partial charge in [-0.05, 0) is 29.6 Å². The summed E-state index contributed by atoms with van der Waals surface area (Å²) in [4.78, 5) is 17.4. The number of rotatable bonds is 3. The number of aromatic nitrogens is 1. The van der Waals surface area contributed by atoms with Gasteiger partial charge in [-0.3, -0.25) is 4.79 Å². The summed E-state index contributed by atoms with van der Waals surface area (Å²) in [6.07, 6.45) is 0.211. The molecule has 0 bridgehead atoms. The van der Waals surface area contributed by atoms with Crippen molar-refractivity contribution in [2.75, 3.05) is 0 Å². The van der Waals surface area contributed by atoms with Crippen LogP contribution in [0.2, 0.25) is 0 Å². The van der Waals surface area contributed by atoms with Crippen LogP contribution in [0.5, 0.6) is 0 Å². The Morgan fingerprint density at radius 2 is 2.10 bits per heavy atom. The lowest BCUT2D eigenvalue weighted by atomic mass is 10.2. The number of fused-ring (bicyclic) bond motifs is 2. The Morgan fingerprint density at radius 3 is 2.95 bits per heavy atom. The average Bonchev–Trinajstić information content (AvgIpc) is 3.11. The molecule has 0 spiro atoms. The van der Waals surface area contributed by atoms with E-state index in [-0.39, 0.29) is 12.2 Å². The molecule has 0 atom stereocenters. The van der Waals surface area contributed by atoms with Gasteiger partial charge in [-0.15, -0.1) is 22.7 Å². The molecule has 1 aromatic carbocycles. The molecule has 0 N–H and O–H groups in total. The van der Waals surface area contributed by atoms with E-state index in [1.54, 1.807) is 11.3 Å². The lowest BCUT2D eigenvalue weighted by Gasteiger charge is -1.92. The van der Waals surface area contributed by atoms with Crippen molar-refractivity contribution < 1.29 is 9.21 Å². The van der Waals surface area contributed by atoms with Gasteiger partial charge >= 0.3 is 0 Å². The number of benzene rings is 1. The van der Waals surface area contributed by atoms with Crippen molar-refractivity contribution in [3.8, 4) is 0 Å². The van der Waals surface area contributed by atoms with Gasteiger partial charge in [0.1, 0.15) is 5.52 Å². The molecular formula is C15H9NO2S2. The first-order valence-electron chi connectivity index (χ1n) is 6.14. The number of hydrogen-bond donors (Lipinski definition) is 0. The first-order chi connectivity index (χ1) is 9.79. The van der Waals surface area contributed by atoms with E-state index in [4.69, 9.17) is 4.42 Å². The third-order valence-electron chi connectivity index (χ3n) is 3.06. The highest BCUT2D eigenvalue weighted by atomic mass is 32.1. The maximum absolute atomic E-state index is 12.3. The summed E-state index contributed by atoms with van der Waals surface area (Å²) in [5, 5.41) is 2.04. The summed E-state index contributed by atoms with van der Waals surface area (Å²) in [6, 6.07) is 11.5. The van der Waals surface area contributed by atoms with E-state index in [1.165, 1.54) is 11.3 Å². The quantitative estimate of drug-likeness (QED) is 0.522. The summed E-state index contributed by atoms with van der Waals surface area (Å²) in [5.74, 6) is 0.540. The zero-order valence-electron chi connectivity index (χ0n) is 10.3. The van der Waals surface area contributed by atoms with Crippen LogP contribution in [0, 0.1) is 0 Å². The smallest absolute Gasteiger partial charge is 0.203 e. The number of ketones is 1. The molecule has 0 amide bonds. The molecule has 0 saturated heterocycles. The molecule has 0 unspecified atom stereocenters. The summed E-state index contributed by atoms with van der Waals surface area (Å²) in [6.45, 7) is 0. The highest BCUT2D eigenvalue weighted by molar-refractivity contribution is 7.27. The molecule has 4 rings (SSSR count). The fraction of sp³-hybridized carbons (Fsp3) is 0.0667. The second-order valence-electron chi connectivity index (χ2n) is 4.44. The van der Waals surface area contributed by atoms with E-state index < -0.39 is 0 Å². The molecule has 3 nitrogen and oxygen atoms in total. The third kappa shape index (κ3) is 1.95. The standard InChI is InChI=1S/C15H9NO2S2/c17-10(13-8-14-12(20-13)5-6-19-14)7-15-16-9-3-1-2-4-11(9)18-15/h1-6,8H,7H2. The van der Waals surface area contributed by atoms with Crippen molar-refractivity contribution in [1.82, 2.24) is 4.98 Å². The lowest BCUT2D eigenvalue weighted by Crippen LogP contribution is -2.01. The highest BCUT2D eigenvalue weighted by Gasteiger charge is 2.15. The zero-order valence-corrected chi connectivity index (χ0v) is 12.0. The number of carbonyl (C=O) groups excluding carboxylic acids is 1. The van der Waals surface area contributed by atoms with Crippen molar-refractivity contribution in [3.63, 3.8) is 0 Å². The van der Waals surface area contributed by atoms with Crippen molar-refractivity contribution in [3.05, 3.63) is 52.5 Å². The molecule has 0 aliphatic heterocycles. The van der Waals surface area contributed by atoms with Gasteiger partial charge in [0.05, 0.1) is 11.3 Å². The van der Waals surface area contributed by atoms with Crippen LogP contribution in [0.15, 0.2) is 46.2 Å². The Labute approximate surface area is 122 Å². The summed E-state index contributed by atoms with van der Waals surface area (Å²) >= 11 is 3.18.